The molecule has 2 bridgehead atoms. The van der Waals surface area contributed by atoms with E-state index in [4.69, 9.17) is 23.4 Å². The van der Waals surface area contributed by atoms with Gasteiger partial charge in [-0.1, -0.05) is 65.8 Å². The Bertz CT molecular complexity index is 1490. The number of hydrogen-bond acceptors (Lipinski definition) is 10. The summed E-state index contributed by atoms with van der Waals surface area (Å²) >= 11 is 0. The first-order chi connectivity index (χ1) is 23.6. The second-order valence-electron chi connectivity index (χ2n) is 15.4. The molecule has 5 rings (SSSR count). The van der Waals surface area contributed by atoms with Gasteiger partial charge in [0.15, 0.2) is 19.7 Å². The summed E-state index contributed by atoms with van der Waals surface area (Å²) in [5.74, 6) is -2.72. The molecule has 50 heavy (non-hydrogen) atoms. The van der Waals surface area contributed by atoms with Gasteiger partial charge in [0.25, 0.3) is 0 Å². The molecule has 9 atom stereocenters. The van der Waals surface area contributed by atoms with E-state index in [2.05, 4.69) is 27.4 Å². The highest BCUT2D eigenvalue weighted by molar-refractivity contribution is 6.73. The molecule has 1 heterocycles. The Morgan fingerprint density at radius 3 is 2.26 bits per heavy atom. The van der Waals surface area contributed by atoms with E-state index in [0.29, 0.717) is 11.1 Å². The lowest BCUT2D eigenvalue weighted by Gasteiger charge is -2.68. The lowest BCUT2D eigenvalue weighted by molar-refractivity contribution is -0.345. The van der Waals surface area contributed by atoms with Gasteiger partial charge in [-0.2, -0.15) is 0 Å². The van der Waals surface area contributed by atoms with Gasteiger partial charge in [0.05, 0.1) is 42.3 Å². The number of carbonyl (C=O) groups excluding carboxylic acids is 3. The minimum Gasteiger partial charge on any atom is -0.455 e. The van der Waals surface area contributed by atoms with E-state index < -0.39 is 78.7 Å². The Hall–Kier alpha value is -2.67. The third kappa shape index (κ3) is 5.76. The largest absolute Gasteiger partial charge is 0.455 e. The topological polar surface area (TPSA) is 138 Å². The molecule has 3 aliphatic carbocycles. The van der Waals surface area contributed by atoms with Crippen molar-refractivity contribution in [3.8, 4) is 0 Å². The number of carbonyl (C=O) groups is 3. The van der Waals surface area contributed by atoms with Gasteiger partial charge in [0.2, 0.25) is 0 Å². The maximum absolute atomic E-state index is 15.8. The van der Waals surface area contributed by atoms with E-state index in [9.17, 15) is 19.8 Å². The van der Waals surface area contributed by atoms with Gasteiger partial charge in [0, 0.05) is 24.7 Å². The quantitative estimate of drug-likeness (QED) is 0.158. The SMILES string of the molecule is C=CCO[C@H]1C(=O)[C@]2(C)[C@@H](O[Si](CC)(CC)CC)C[C@H]3OC[C@@]3(OC(=O)CC)[C@H]2[C@H](OC(=O)c2ccccc2)[C@]2(O)C[C@H](O)C(C)=C1C2(C)C. The van der Waals surface area contributed by atoms with Crippen LogP contribution in [0.5, 0.6) is 0 Å². The van der Waals surface area contributed by atoms with Crippen molar-refractivity contribution in [2.45, 2.75) is 135 Å². The predicted octanol–water partition coefficient (Wildman–Crippen LogP) is 5.71. The number of ether oxygens (including phenoxy) is 4. The maximum atomic E-state index is 15.8. The molecule has 2 N–H and O–H groups in total. The van der Waals surface area contributed by atoms with Crippen LogP contribution in [-0.4, -0.2) is 91.2 Å². The number of esters is 2. The van der Waals surface area contributed by atoms with Crippen LogP contribution in [0.1, 0.15) is 85.0 Å². The van der Waals surface area contributed by atoms with E-state index >= 15 is 4.79 Å². The molecule has 11 heteroatoms. The normalized spacial score (nSPS) is 36.2. The molecule has 276 valence electrons. The molecule has 10 nitrogen and oxygen atoms in total. The Morgan fingerprint density at radius 1 is 1.08 bits per heavy atom. The van der Waals surface area contributed by atoms with Crippen molar-refractivity contribution in [3.05, 3.63) is 59.7 Å². The summed E-state index contributed by atoms with van der Waals surface area (Å²) in [4.78, 5) is 43.3. The molecule has 0 amide bonds. The fourth-order valence-electron chi connectivity index (χ4n) is 9.42. The first kappa shape index (κ1) is 38.6. The summed E-state index contributed by atoms with van der Waals surface area (Å²) in [5, 5.41) is 25.0. The summed E-state index contributed by atoms with van der Waals surface area (Å²) < 4.78 is 32.8. The number of hydrogen-bond donors (Lipinski definition) is 2. The average molecular weight is 713 g/mol. The van der Waals surface area contributed by atoms with E-state index in [-0.39, 0.29) is 43.8 Å². The lowest BCUT2D eigenvalue weighted by Crippen LogP contribution is -2.82. The predicted molar refractivity (Wildman–Crippen MR) is 190 cm³/mol. The summed E-state index contributed by atoms with van der Waals surface area (Å²) in [5.41, 5.74) is -5.04. The third-order valence-electron chi connectivity index (χ3n) is 12.9. The van der Waals surface area contributed by atoms with Gasteiger partial charge in [-0.05, 0) is 55.3 Å². The molecule has 1 aliphatic heterocycles. The van der Waals surface area contributed by atoms with Crippen LogP contribution in [0.15, 0.2) is 54.1 Å². The van der Waals surface area contributed by atoms with Crippen molar-refractivity contribution in [3.63, 3.8) is 0 Å². The molecular formula is C39H56O10Si. The highest BCUT2D eigenvalue weighted by Gasteiger charge is 2.78. The van der Waals surface area contributed by atoms with Gasteiger partial charge in [-0.15, -0.1) is 6.58 Å². The molecule has 0 unspecified atom stereocenters. The van der Waals surface area contributed by atoms with E-state index in [1.54, 1.807) is 71.0 Å². The molecule has 1 saturated heterocycles. The minimum absolute atomic E-state index is 0.0236. The zero-order valence-electron chi connectivity index (χ0n) is 31.0. The van der Waals surface area contributed by atoms with Crippen molar-refractivity contribution in [1.29, 1.82) is 0 Å². The van der Waals surface area contributed by atoms with E-state index in [1.807, 2.05) is 0 Å². The fourth-order valence-corrected chi connectivity index (χ4v) is 12.4. The average Bonchev–Trinajstić information content (AvgIpc) is 3.10. The molecule has 1 aromatic carbocycles. The molecule has 2 saturated carbocycles. The van der Waals surface area contributed by atoms with Crippen LogP contribution in [0.4, 0.5) is 0 Å². The fraction of sp³-hybridized carbons (Fsp3) is 0.667. The van der Waals surface area contributed by atoms with Crippen LogP contribution in [0.2, 0.25) is 18.1 Å². The van der Waals surface area contributed by atoms with Crippen molar-refractivity contribution in [1.82, 2.24) is 0 Å². The van der Waals surface area contributed by atoms with Crippen molar-refractivity contribution >= 4 is 26.0 Å². The molecule has 0 aromatic heterocycles. The van der Waals surface area contributed by atoms with Crippen LogP contribution >= 0.6 is 0 Å². The summed E-state index contributed by atoms with van der Waals surface area (Å²) in [6.07, 6.45) is -3.66. The van der Waals surface area contributed by atoms with Crippen LogP contribution in [-0.2, 0) is 33.0 Å². The highest BCUT2D eigenvalue weighted by atomic mass is 28.4. The van der Waals surface area contributed by atoms with Gasteiger partial charge in [-0.25, -0.2) is 4.79 Å². The smallest absolute Gasteiger partial charge is 0.338 e. The van der Waals surface area contributed by atoms with E-state index in [1.165, 1.54) is 0 Å². The molecule has 3 fully saturated rings. The molecule has 0 radical (unpaired) electrons. The first-order valence-corrected chi connectivity index (χ1v) is 20.8. The van der Waals surface area contributed by atoms with E-state index in [0.717, 1.165) is 18.1 Å². The van der Waals surface area contributed by atoms with Gasteiger partial charge < -0.3 is 33.6 Å². The lowest BCUT2D eigenvalue weighted by atomic mass is 9.44. The molecule has 0 spiro atoms. The van der Waals surface area contributed by atoms with Gasteiger partial charge in [-0.3, -0.25) is 9.59 Å². The zero-order valence-corrected chi connectivity index (χ0v) is 32.0. The molecular weight excluding hydrogens is 657 g/mol. The third-order valence-corrected chi connectivity index (χ3v) is 17.5. The maximum Gasteiger partial charge on any atom is 0.338 e. The second-order valence-corrected chi connectivity index (χ2v) is 20.1. The van der Waals surface area contributed by atoms with Crippen LogP contribution in [0.3, 0.4) is 0 Å². The number of aliphatic hydroxyl groups is 2. The second kappa shape index (κ2) is 14.0. The zero-order chi connectivity index (χ0) is 36.9. The van der Waals surface area contributed by atoms with Gasteiger partial charge >= 0.3 is 11.9 Å². The highest BCUT2D eigenvalue weighted by Crippen LogP contribution is 2.65. The number of fused-ring (bicyclic) bond motifs is 5. The Labute approximate surface area is 297 Å². The van der Waals surface area contributed by atoms with Crippen LogP contribution in [0, 0.1) is 16.7 Å². The Balaban J connectivity index is 1.88. The molecule has 4 aliphatic rings. The Morgan fingerprint density at radius 2 is 1.72 bits per heavy atom. The van der Waals surface area contributed by atoms with Crippen molar-refractivity contribution in [2.24, 2.45) is 16.7 Å². The summed E-state index contributed by atoms with van der Waals surface area (Å²) in [6, 6.07) is 10.9. The number of aliphatic hydroxyl groups excluding tert-OH is 1. The van der Waals surface area contributed by atoms with Crippen LogP contribution in [0.25, 0.3) is 0 Å². The number of ketones is 1. The Kier molecular flexibility index (Phi) is 10.8. The number of rotatable bonds is 12. The molecule has 1 aromatic rings. The van der Waals surface area contributed by atoms with Gasteiger partial charge in [0.1, 0.15) is 23.9 Å². The first-order valence-electron chi connectivity index (χ1n) is 18.2. The summed E-state index contributed by atoms with van der Waals surface area (Å²) in [7, 11) is -2.43. The van der Waals surface area contributed by atoms with Crippen molar-refractivity contribution < 1.29 is 48.0 Å². The number of Topliss-reactive ketones (excluding diaryl/α,β-unsaturated/α-hetero) is 1. The van der Waals surface area contributed by atoms with Crippen molar-refractivity contribution in [2.75, 3.05) is 13.2 Å². The monoisotopic (exact) mass is 712 g/mol. The standard InChI is InChI=1S/C39H56O10Si/c1-10-20-45-31-30-24(6)26(40)22-39(44,36(30,7)8)34(47-35(43)25-18-16-15-17-19-25)32-37(9,33(31)42)27(49-50(12-3,13-4)14-5)21-28-38(32,23-46-28)48-29(41)11-2/h10,15-19,26-28,31-32,34,40,44H,1,11-14,20-23H2,2-9H3/t26-,27-,28+,31+,32-,34-,37+,38-,39+/m0/s1. The number of benzene rings is 1. The summed E-state index contributed by atoms with van der Waals surface area (Å²) in [6.45, 7) is 18.9. The minimum atomic E-state index is -2.43. The van der Waals surface area contributed by atoms with Crippen LogP contribution < -0.4 is 0 Å².